The third-order valence-electron chi connectivity index (χ3n) is 9.36. The van der Waals surface area contributed by atoms with Gasteiger partial charge in [0.2, 0.25) is 0 Å². The predicted molar refractivity (Wildman–Crippen MR) is 101 cm³/mol. The minimum Gasteiger partial charge on any atom is -0.454 e. The highest BCUT2D eigenvalue weighted by Crippen LogP contribution is 2.68. The summed E-state index contributed by atoms with van der Waals surface area (Å²) in [6.07, 6.45) is 9.33. The number of carbonyl (C=O) groups excluding carboxylic acids is 2. The van der Waals surface area contributed by atoms with Crippen molar-refractivity contribution in [2.75, 3.05) is 0 Å². The molecule has 0 aromatic heterocycles. The van der Waals surface area contributed by atoms with Crippen molar-refractivity contribution in [1.82, 2.24) is 0 Å². The lowest BCUT2D eigenvalue weighted by Crippen LogP contribution is -2.62. The first-order valence-electron chi connectivity index (χ1n) is 10.8. The van der Waals surface area contributed by atoms with E-state index in [0.717, 1.165) is 11.8 Å². The van der Waals surface area contributed by atoms with E-state index in [1.165, 1.54) is 51.9 Å². The molecule has 146 valence electrons. The van der Waals surface area contributed by atoms with Crippen molar-refractivity contribution in [3.05, 3.63) is 0 Å². The summed E-state index contributed by atoms with van der Waals surface area (Å²) >= 11 is 0. The van der Waals surface area contributed by atoms with Crippen LogP contribution < -0.4 is 0 Å². The maximum absolute atomic E-state index is 13.1. The van der Waals surface area contributed by atoms with Crippen LogP contribution in [0.2, 0.25) is 0 Å². The molecule has 7 atom stereocenters. The predicted octanol–water partition coefficient (Wildman–Crippen LogP) is 5.17. The van der Waals surface area contributed by atoms with Gasteiger partial charge in [-0.2, -0.15) is 0 Å². The molecule has 3 nitrogen and oxygen atoms in total. The maximum atomic E-state index is 13.1. The molecule has 0 amide bonds. The van der Waals surface area contributed by atoms with E-state index in [9.17, 15) is 9.59 Å². The molecule has 4 rings (SSSR count). The van der Waals surface area contributed by atoms with Crippen LogP contribution in [0.3, 0.4) is 0 Å². The molecule has 6 unspecified atom stereocenters. The Bertz CT molecular complexity index is 623. The zero-order valence-electron chi connectivity index (χ0n) is 17.3. The van der Waals surface area contributed by atoms with E-state index in [0.29, 0.717) is 23.7 Å². The van der Waals surface area contributed by atoms with Gasteiger partial charge in [0.1, 0.15) is 0 Å². The maximum Gasteiger partial charge on any atom is 0.303 e. The SMILES string of the molecule is CC(=O)OC1C(=O)CC2(C)C3CCC4(C)CCCC4C3CC[C@H]2C1(C)C. The Morgan fingerprint density at radius 2 is 1.73 bits per heavy atom. The van der Waals surface area contributed by atoms with Gasteiger partial charge in [0.25, 0.3) is 0 Å². The third kappa shape index (κ3) is 2.44. The Balaban J connectivity index is 1.67. The van der Waals surface area contributed by atoms with Gasteiger partial charge < -0.3 is 4.74 Å². The van der Waals surface area contributed by atoms with Gasteiger partial charge in [-0.15, -0.1) is 0 Å². The van der Waals surface area contributed by atoms with Gasteiger partial charge in [-0.25, -0.2) is 0 Å². The molecule has 0 saturated heterocycles. The molecule has 0 heterocycles. The van der Waals surface area contributed by atoms with Crippen LogP contribution in [0.4, 0.5) is 0 Å². The lowest BCUT2D eigenvalue weighted by molar-refractivity contribution is -0.195. The Kier molecular flexibility index (Phi) is 4.14. The van der Waals surface area contributed by atoms with E-state index in [1.54, 1.807) is 0 Å². The molecule has 0 N–H and O–H groups in total. The van der Waals surface area contributed by atoms with Crippen molar-refractivity contribution in [3.8, 4) is 0 Å². The highest BCUT2D eigenvalue weighted by Gasteiger charge is 2.64. The largest absolute Gasteiger partial charge is 0.454 e. The number of esters is 1. The van der Waals surface area contributed by atoms with Crippen LogP contribution in [0.5, 0.6) is 0 Å². The fraction of sp³-hybridized carbons (Fsp3) is 0.913. The summed E-state index contributed by atoms with van der Waals surface area (Å²) in [5.74, 6) is 2.62. The fourth-order valence-corrected chi connectivity index (χ4v) is 8.37. The Morgan fingerprint density at radius 1 is 1.00 bits per heavy atom. The van der Waals surface area contributed by atoms with E-state index >= 15 is 0 Å². The Hall–Kier alpha value is -0.860. The van der Waals surface area contributed by atoms with Crippen molar-refractivity contribution in [3.63, 3.8) is 0 Å². The van der Waals surface area contributed by atoms with E-state index < -0.39 is 6.10 Å². The molecular formula is C23H36O3. The zero-order chi connectivity index (χ0) is 18.9. The lowest BCUT2D eigenvalue weighted by atomic mass is 9.41. The number of ketones is 1. The number of fused-ring (bicyclic) bond motifs is 5. The number of carbonyl (C=O) groups is 2. The molecule has 0 spiro atoms. The van der Waals surface area contributed by atoms with Gasteiger partial charge in [0.15, 0.2) is 11.9 Å². The zero-order valence-corrected chi connectivity index (χ0v) is 17.3. The second kappa shape index (κ2) is 5.82. The first-order valence-corrected chi connectivity index (χ1v) is 10.8. The van der Waals surface area contributed by atoms with Crippen LogP contribution in [0.15, 0.2) is 0 Å². The van der Waals surface area contributed by atoms with Crippen molar-refractivity contribution < 1.29 is 14.3 Å². The molecule has 4 fully saturated rings. The van der Waals surface area contributed by atoms with Gasteiger partial charge in [-0.3, -0.25) is 9.59 Å². The number of hydrogen-bond acceptors (Lipinski definition) is 3. The van der Waals surface area contributed by atoms with Gasteiger partial charge in [-0.1, -0.05) is 34.1 Å². The molecule has 0 bridgehead atoms. The van der Waals surface area contributed by atoms with Crippen molar-refractivity contribution in [2.45, 2.75) is 92.1 Å². The Labute approximate surface area is 158 Å². The average Bonchev–Trinajstić information content (AvgIpc) is 2.93. The highest BCUT2D eigenvalue weighted by atomic mass is 16.5. The summed E-state index contributed by atoms with van der Waals surface area (Å²) in [7, 11) is 0. The second-order valence-electron chi connectivity index (χ2n) is 11.1. The fourth-order valence-electron chi connectivity index (χ4n) is 8.37. The van der Waals surface area contributed by atoms with Crippen molar-refractivity contribution in [2.24, 2.45) is 39.9 Å². The van der Waals surface area contributed by atoms with Gasteiger partial charge >= 0.3 is 5.97 Å². The standard InChI is InChI=1S/C23H36O3/c1-14(24)26-20-18(25)13-23(5)17-10-12-22(4)11-6-7-16(22)15(17)8-9-19(23)21(20,2)3/h15-17,19-20H,6-13H2,1-5H3/t15?,16?,17?,19-,20?,22?,23?/m0/s1. The van der Waals surface area contributed by atoms with E-state index in [-0.39, 0.29) is 22.6 Å². The number of Topliss-reactive ketones (excluding diaryl/α,β-unsaturated/α-hetero) is 1. The highest BCUT2D eigenvalue weighted by molar-refractivity contribution is 5.87. The number of rotatable bonds is 1. The van der Waals surface area contributed by atoms with Gasteiger partial charge in [0, 0.05) is 18.8 Å². The molecule has 4 saturated carbocycles. The first-order chi connectivity index (χ1) is 12.1. The summed E-state index contributed by atoms with van der Waals surface area (Å²) < 4.78 is 5.55. The first kappa shape index (κ1) is 18.5. The molecule has 0 aromatic rings. The number of hydrogen-bond donors (Lipinski definition) is 0. The minimum absolute atomic E-state index is 0.0735. The molecule has 0 aromatic carbocycles. The summed E-state index contributed by atoms with van der Waals surface area (Å²) in [6.45, 7) is 10.7. The van der Waals surface area contributed by atoms with Crippen molar-refractivity contribution >= 4 is 11.8 Å². The molecular weight excluding hydrogens is 324 g/mol. The summed E-state index contributed by atoms with van der Waals surface area (Å²) in [6, 6.07) is 0. The summed E-state index contributed by atoms with van der Waals surface area (Å²) in [5.41, 5.74) is 0.361. The monoisotopic (exact) mass is 360 g/mol. The van der Waals surface area contributed by atoms with Crippen LogP contribution >= 0.6 is 0 Å². The second-order valence-corrected chi connectivity index (χ2v) is 11.1. The molecule has 0 aliphatic heterocycles. The smallest absolute Gasteiger partial charge is 0.303 e. The average molecular weight is 361 g/mol. The molecule has 4 aliphatic carbocycles. The van der Waals surface area contributed by atoms with Gasteiger partial charge in [-0.05, 0) is 73.0 Å². The lowest BCUT2D eigenvalue weighted by Gasteiger charge is -2.63. The molecule has 26 heavy (non-hydrogen) atoms. The third-order valence-corrected chi connectivity index (χ3v) is 9.36. The molecule has 0 radical (unpaired) electrons. The van der Waals surface area contributed by atoms with Crippen LogP contribution in [0.1, 0.15) is 86.0 Å². The van der Waals surface area contributed by atoms with E-state index in [1.807, 2.05) is 0 Å². The molecule has 3 heteroatoms. The van der Waals surface area contributed by atoms with Crippen LogP contribution in [0, 0.1) is 39.9 Å². The Morgan fingerprint density at radius 3 is 2.42 bits per heavy atom. The summed E-state index contributed by atoms with van der Waals surface area (Å²) in [5, 5.41) is 0. The summed E-state index contributed by atoms with van der Waals surface area (Å²) in [4.78, 5) is 24.7. The van der Waals surface area contributed by atoms with E-state index in [4.69, 9.17) is 4.74 Å². The van der Waals surface area contributed by atoms with Crippen LogP contribution in [-0.4, -0.2) is 17.9 Å². The number of ether oxygens (including phenoxy) is 1. The molecule has 4 aliphatic rings. The van der Waals surface area contributed by atoms with E-state index in [2.05, 4.69) is 27.7 Å². The quantitative estimate of drug-likeness (QED) is 0.606. The normalized spacial score (nSPS) is 49.7. The van der Waals surface area contributed by atoms with Crippen LogP contribution in [-0.2, 0) is 14.3 Å². The van der Waals surface area contributed by atoms with Crippen molar-refractivity contribution in [1.29, 1.82) is 0 Å². The van der Waals surface area contributed by atoms with Crippen LogP contribution in [0.25, 0.3) is 0 Å². The topological polar surface area (TPSA) is 43.4 Å². The van der Waals surface area contributed by atoms with Gasteiger partial charge in [0.05, 0.1) is 0 Å². The minimum atomic E-state index is -0.560.